The van der Waals surface area contributed by atoms with Gasteiger partial charge >= 0.3 is 0 Å². The topological polar surface area (TPSA) is 80.3 Å². The largest absolute Gasteiger partial charge is 0.366 e. The molecule has 1 fully saturated rings. The lowest BCUT2D eigenvalue weighted by Crippen LogP contribution is -2.47. The molecule has 0 saturated carbocycles. The van der Waals surface area contributed by atoms with Crippen molar-refractivity contribution in [2.24, 2.45) is 0 Å². The molecule has 4 rings (SSSR count). The summed E-state index contributed by atoms with van der Waals surface area (Å²) < 4.78 is 6.84. The monoisotopic (exact) mass is 442 g/mol. The Morgan fingerprint density at radius 2 is 1.77 bits per heavy atom. The number of hydrogen-bond donors (Lipinski definition) is 0. The third-order valence-electron chi connectivity index (χ3n) is 5.57. The maximum Gasteiger partial charge on any atom is 0.292 e. The van der Waals surface area contributed by atoms with E-state index in [1.165, 1.54) is 4.68 Å². The molecule has 2 aromatic heterocycles. The van der Waals surface area contributed by atoms with Crippen LogP contribution in [0, 0.1) is 0 Å². The summed E-state index contributed by atoms with van der Waals surface area (Å²) in [6.45, 7) is 11.3. The summed E-state index contributed by atoms with van der Waals surface area (Å²) in [4.78, 5) is 21.8. The molecule has 0 amide bonds. The van der Waals surface area contributed by atoms with Gasteiger partial charge in [-0.15, -0.1) is 0 Å². The lowest BCUT2D eigenvalue weighted by Gasteiger charge is -2.38. The van der Waals surface area contributed by atoms with Crippen molar-refractivity contribution in [3.05, 3.63) is 63.6 Å². The Kier molecular flexibility index (Phi) is 5.85. The van der Waals surface area contributed by atoms with Crippen LogP contribution in [-0.2, 0) is 5.41 Å². The van der Waals surface area contributed by atoms with Gasteiger partial charge in [-0.1, -0.05) is 55.7 Å². The van der Waals surface area contributed by atoms with E-state index in [4.69, 9.17) is 16.1 Å². The van der Waals surface area contributed by atoms with Crippen molar-refractivity contribution < 1.29 is 4.52 Å². The summed E-state index contributed by atoms with van der Waals surface area (Å²) >= 11 is 6.46. The number of para-hydroxylation sites is 1. The van der Waals surface area contributed by atoms with Gasteiger partial charge in [0.1, 0.15) is 5.02 Å². The molecule has 31 heavy (non-hydrogen) atoms. The minimum Gasteiger partial charge on any atom is -0.366 e. The second kappa shape index (κ2) is 8.43. The number of rotatable bonds is 4. The zero-order chi connectivity index (χ0) is 22.2. The molecule has 9 heteroatoms. The Balaban J connectivity index is 1.46. The molecule has 0 radical (unpaired) electrons. The van der Waals surface area contributed by atoms with E-state index in [9.17, 15) is 4.79 Å². The summed E-state index contributed by atoms with van der Waals surface area (Å²) in [6, 6.07) is 9.29. The first kappa shape index (κ1) is 21.5. The molecular weight excluding hydrogens is 416 g/mol. The van der Waals surface area contributed by atoms with E-state index in [0.29, 0.717) is 23.1 Å². The molecule has 1 aromatic carbocycles. The van der Waals surface area contributed by atoms with Crippen LogP contribution in [0.3, 0.4) is 0 Å². The van der Waals surface area contributed by atoms with Gasteiger partial charge in [0.25, 0.3) is 5.56 Å². The Bertz CT molecular complexity index is 1100. The van der Waals surface area contributed by atoms with Crippen LogP contribution < -0.4 is 10.5 Å². The van der Waals surface area contributed by atoms with Crippen LogP contribution >= 0.6 is 11.6 Å². The Morgan fingerprint density at radius 3 is 2.39 bits per heavy atom. The first-order valence-electron chi connectivity index (χ1n) is 10.4. The van der Waals surface area contributed by atoms with Gasteiger partial charge in [-0.2, -0.15) is 14.8 Å². The van der Waals surface area contributed by atoms with E-state index in [0.717, 1.165) is 26.2 Å². The van der Waals surface area contributed by atoms with Crippen LogP contribution in [0.15, 0.2) is 45.8 Å². The number of nitrogens with zero attached hydrogens (tertiary/aromatic N) is 6. The highest BCUT2D eigenvalue weighted by molar-refractivity contribution is 6.33. The number of benzene rings is 1. The fourth-order valence-electron chi connectivity index (χ4n) is 3.61. The van der Waals surface area contributed by atoms with Crippen molar-refractivity contribution in [1.82, 2.24) is 24.8 Å². The average molecular weight is 443 g/mol. The molecule has 8 nitrogen and oxygen atoms in total. The van der Waals surface area contributed by atoms with Crippen molar-refractivity contribution in [3.8, 4) is 5.69 Å². The zero-order valence-corrected chi connectivity index (χ0v) is 19.0. The summed E-state index contributed by atoms with van der Waals surface area (Å²) in [5.74, 6) is 1.34. The SMILES string of the molecule is CC(c1nc(C(C)(C)C)no1)N1CCN(c2cnn(-c3ccccc3)c(=O)c2Cl)CC1. The highest BCUT2D eigenvalue weighted by atomic mass is 35.5. The van der Waals surface area contributed by atoms with Gasteiger partial charge in [0.2, 0.25) is 5.89 Å². The first-order valence-corrected chi connectivity index (χ1v) is 10.8. The molecule has 0 bridgehead atoms. The molecular formula is C22H27ClN6O2. The van der Waals surface area contributed by atoms with Crippen molar-refractivity contribution in [2.45, 2.75) is 39.2 Å². The lowest BCUT2D eigenvalue weighted by atomic mass is 9.96. The molecule has 1 aliphatic rings. The van der Waals surface area contributed by atoms with Gasteiger partial charge in [0.15, 0.2) is 5.82 Å². The minimum atomic E-state index is -0.318. The maximum absolute atomic E-state index is 12.8. The third kappa shape index (κ3) is 4.36. The maximum atomic E-state index is 12.8. The summed E-state index contributed by atoms with van der Waals surface area (Å²) in [6.07, 6.45) is 1.67. The third-order valence-corrected chi connectivity index (χ3v) is 5.93. The normalized spacial score (nSPS) is 16.5. The van der Waals surface area contributed by atoms with E-state index in [2.05, 4.69) is 52.7 Å². The Labute approximate surface area is 186 Å². The van der Waals surface area contributed by atoms with Crippen LogP contribution in [0.2, 0.25) is 5.02 Å². The molecule has 3 heterocycles. The number of piperazine rings is 1. The fourth-order valence-corrected chi connectivity index (χ4v) is 3.86. The van der Waals surface area contributed by atoms with Gasteiger partial charge in [-0.05, 0) is 19.1 Å². The van der Waals surface area contributed by atoms with Gasteiger partial charge in [0.05, 0.1) is 23.6 Å². The van der Waals surface area contributed by atoms with Gasteiger partial charge < -0.3 is 9.42 Å². The fraction of sp³-hybridized carbons (Fsp3) is 0.455. The second-order valence-corrected chi connectivity index (χ2v) is 9.18. The van der Waals surface area contributed by atoms with Crippen molar-refractivity contribution >= 4 is 17.3 Å². The highest BCUT2D eigenvalue weighted by Crippen LogP contribution is 2.27. The predicted molar refractivity (Wildman–Crippen MR) is 120 cm³/mol. The van der Waals surface area contributed by atoms with Crippen molar-refractivity contribution in [2.75, 3.05) is 31.1 Å². The van der Waals surface area contributed by atoms with E-state index < -0.39 is 0 Å². The van der Waals surface area contributed by atoms with E-state index in [1.54, 1.807) is 6.20 Å². The summed E-state index contributed by atoms with van der Waals surface area (Å²) in [5.41, 5.74) is 0.888. The van der Waals surface area contributed by atoms with Gasteiger partial charge in [0, 0.05) is 31.6 Å². The molecule has 164 valence electrons. The van der Waals surface area contributed by atoms with Crippen LogP contribution in [0.25, 0.3) is 5.69 Å². The molecule has 0 spiro atoms. The van der Waals surface area contributed by atoms with E-state index in [-0.39, 0.29) is 22.0 Å². The Hall–Kier alpha value is -2.71. The molecule has 0 aliphatic carbocycles. The molecule has 1 atom stereocenters. The highest BCUT2D eigenvalue weighted by Gasteiger charge is 2.29. The molecule has 1 saturated heterocycles. The Morgan fingerprint density at radius 1 is 1.10 bits per heavy atom. The predicted octanol–water partition coefficient (Wildman–Crippen LogP) is 3.45. The van der Waals surface area contributed by atoms with Crippen molar-refractivity contribution in [3.63, 3.8) is 0 Å². The number of hydrogen-bond acceptors (Lipinski definition) is 7. The smallest absolute Gasteiger partial charge is 0.292 e. The van der Waals surface area contributed by atoms with Crippen LogP contribution in [-0.4, -0.2) is 51.0 Å². The van der Waals surface area contributed by atoms with Gasteiger partial charge in [-0.25, -0.2) is 0 Å². The number of anilines is 1. The van der Waals surface area contributed by atoms with Crippen LogP contribution in [0.5, 0.6) is 0 Å². The lowest BCUT2D eigenvalue weighted by molar-refractivity contribution is 0.164. The standard InChI is InChI=1S/C22H27ClN6O2/c1-15(19-25-21(26-31-19)22(2,3)4)27-10-12-28(13-11-27)17-14-24-29(20(30)18(17)23)16-8-6-5-7-9-16/h5-9,14-15H,10-13H2,1-4H3. The van der Waals surface area contributed by atoms with E-state index >= 15 is 0 Å². The number of halogens is 1. The first-order chi connectivity index (χ1) is 14.8. The van der Waals surface area contributed by atoms with Crippen molar-refractivity contribution in [1.29, 1.82) is 0 Å². The minimum absolute atomic E-state index is 0.0189. The van der Waals surface area contributed by atoms with E-state index in [1.807, 2.05) is 30.3 Å². The van der Waals surface area contributed by atoms with Gasteiger partial charge in [-0.3, -0.25) is 9.69 Å². The summed E-state index contributed by atoms with van der Waals surface area (Å²) in [5, 5.41) is 8.66. The van der Waals surface area contributed by atoms with Crippen LogP contribution in [0.4, 0.5) is 5.69 Å². The second-order valence-electron chi connectivity index (χ2n) is 8.80. The molecule has 3 aromatic rings. The number of aromatic nitrogens is 4. The molecule has 1 aliphatic heterocycles. The summed E-state index contributed by atoms with van der Waals surface area (Å²) in [7, 11) is 0. The zero-order valence-electron chi connectivity index (χ0n) is 18.2. The quantitative estimate of drug-likeness (QED) is 0.612. The molecule has 0 N–H and O–H groups in total. The molecule has 1 unspecified atom stereocenters. The van der Waals surface area contributed by atoms with Crippen LogP contribution in [0.1, 0.15) is 45.5 Å². The average Bonchev–Trinajstić information content (AvgIpc) is 3.27.